The summed E-state index contributed by atoms with van der Waals surface area (Å²) >= 11 is 1.54. The van der Waals surface area contributed by atoms with E-state index in [2.05, 4.69) is 5.16 Å². The molecule has 0 fully saturated rings. The van der Waals surface area contributed by atoms with Gasteiger partial charge in [-0.15, -0.1) is 0 Å². The van der Waals surface area contributed by atoms with E-state index in [4.69, 9.17) is 10.9 Å². The van der Waals surface area contributed by atoms with Gasteiger partial charge in [-0.3, -0.25) is 0 Å². The van der Waals surface area contributed by atoms with Gasteiger partial charge in [0.05, 0.1) is 4.75 Å². The highest BCUT2D eigenvalue weighted by atomic mass is 32.2. The van der Waals surface area contributed by atoms with Crippen molar-refractivity contribution < 1.29 is 5.21 Å². The van der Waals surface area contributed by atoms with Gasteiger partial charge in [0, 0.05) is 0 Å². The number of nitrogens with zero attached hydrogens (tertiary/aromatic N) is 1. The van der Waals surface area contributed by atoms with Crippen LogP contribution >= 0.6 is 11.8 Å². The van der Waals surface area contributed by atoms with Crippen molar-refractivity contribution in [1.82, 2.24) is 0 Å². The normalized spacial score (nSPS) is 13.9. The molecule has 0 aromatic rings. The first kappa shape index (κ1) is 8.62. The molecule has 0 aliphatic heterocycles. The summed E-state index contributed by atoms with van der Waals surface area (Å²) in [5.41, 5.74) is 5.34. The third kappa shape index (κ3) is 2.13. The summed E-state index contributed by atoms with van der Waals surface area (Å²) < 4.78 is -0.255. The number of hydrogen-bond acceptors (Lipinski definition) is 3. The van der Waals surface area contributed by atoms with Crippen molar-refractivity contribution in [3.05, 3.63) is 0 Å². The van der Waals surface area contributed by atoms with Gasteiger partial charge in [0.15, 0.2) is 5.84 Å². The van der Waals surface area contributed by atoms with Gasteiger partial charge in [-0.1, -0.05) is 5.16 Å². The molecule has 0 atom stereocenters. The molecule has 54 valence electrons. The molecular formula is C5H12N2OS. The van der Waals surface area contributed by atoms with Crippen LogP contribution in [0.2, 0.25) is 0 Å². The maximum absolute atomic E-state index is 8.25. The van der Waals surface area contributed by atoms with Crippen molar-refractivity contribution in [3.63, 3.8) is 0 Å². The SMILES string of the molecule is CSC(C)(C)/C(N)=N/O. The van der Waals surface area contributed by atoms with Crippen molar-refractivity contribution in [1.29, 1.82) is 0 Å². The van der Waals surface area contributed by atoms with Gasteiger partial charge < -0.3 is 10.9 Å². The summed E-state index contributed by atoms with van der Waals surface area (Å²) in [7, 11) is 0. The Bertz CT molecular complexity index is 122. The van der Waals surface area contributed by atoms with Crippen LogP contribution in [0, 0.1) is 0 Å². The van der Waals surface area contributed by atoms with E-state index in [0.29, 0.717) is 0 Å². The standard InChI is InChI=1S/C5H12N2OS/c1-5(2,9-3)4(6)7-8/h8H,1-3H3,(H2,6,7). The highest BCUT2D eigenvalue weighted by Gasteiger charge is 2.21. The fraction of sp³-hybridized carbons (Fsp3) is 0.800. The molecule has 0 radical (unpaired) electrons. The van der Waals surface area contributed by atoms with Crippen LogP contribution in [0.3, 0.4) is 0 Å². The summed E-state index contributed by atoms with van der Waals surface area (Å²) in [5, 5.41) is 11.2. The van der Waals surface area contributed by atoms with E-state index in [1.54, 1.807) is 11.8 Å². The molecule has 0 bridgehead atoms. The average molecular weight is 148 g/mol. The first-order valence-corrected chi connectivity index (χ1v) is 3.80. The molecule has 0 aromatic carbocycles. The Morgan fingerprint density at radius 3 is 2.22 bits per heavy atom. The highest BCUT2D eigenvalue weighted by Crippen LogP contribution is 2.20. The van der Waals surface area contributed by atoms with E-state index in [-0.39, 0.29) is 10.6 Å². The zero-order valence-electron chi connectivity index (χ0n) is 5.88. The van der Waals surface area contributed by atoms with E-state index in [1.165, 1.54) is 0 Å². The Balaban J connectivity index is 4.14. The minimum absolute atomic E-state index is 0.255. The van der Waals surface area contributed by atoms with Crippen LogP contribution in [-0.2, 0) is 0 Å². The topological polar surface area (TPSA) is 58.6 Å². The maximum Gasteiger partial charge on any atom is 0.154 e. The smallest absolute Gasteiger partial charge is 0.154 e. The van der Waals surface area contributed by atoms with Crippen LogP contribution in [0.4, 0.5) is 0 Å². The molecule has 0 aliphatic carbocycles. The number of oxime groups is 1. The minimum Gasteiger partial charge on any atom is -0.409 e. The van der Waals surface area contributed by atoms with Crippen molar-refractivity contribution in [2.45, 2.75) is 18.6 Å². The lowest BCUT2D eigenvalue weighted by Crippen LogP contribution is -2.34. The highest BCUT2D eigenvalue weighted by molar-refractivity contribution is 8.00. The molecular weight excluding hydrogens is 136 g/mol. The molecule has 0 amide bonds. The predicted octanol–water partition coefficient (Wildman–Crippen LogP) is 0.874. The second kappa shape index (κ2) is 2.96. The molecule has 4 heteroatoms. The number of nitrogens with two attached hydrogens (primary N) is 1. The molecule has 0 aliphatic rings. The molecule has 0 rings (SSSR count). The van der Waals surface area contributed by atoms with Crippen molar-refractivity contribution >= 4 is 17.6 Å². The van der Waals surface area contributed by atoms with Crippen LogP contribution in [0.1, 0.15) is 13.8 Å². The Morgan fingerprint density at radius 2 is 2.11 bits per heavy atom. The molecule has 0 saturated heterocycles. The van der Waals surface area contributed by atoms with Crippen LogP contribution in [0.15, 0.2) is 5.16 Å². The van der Waals surface area contributed by atoms with Gasteiger partial charge >= 0.3 is 0 Å². The molecule has 3 nitrogen and oxygen atoms in total. The van der Waals surface area contributed by atoms with Crippen LogP contribution < -0.4 is 5.73 Å². The fourth-order valence-electron chi connectivity index (χ4n) is 0.225. The van der Waals surface area contributed by atoms with Gasteiger partial charge in [-0.05, 0) is 20.1 Å². The van der Waals surface area contributed by atoms with Crippen molar-refractivity contribution in [2.24, 2.45) is 10.9 Å². The van der Waals surface area contributed by atoms with Gasteiger partial charge in [-0.25, -0.2) is 0 Å². The van der Waals surface area contributed by atoms with Crippen molar-refractivity contribution in [3.8, 4) is 0 Å². The third-order valence-electron chi connectivity index (χ3n) is 1.23. The average Bonchev–Trinajstić information content (AvgIpc) is 1.86. The molecule has 0 unspecified atom stereocenters. The Kier molecular flexibility index (Phi) is 2.84. The quantitative estimate of drug-likeness (QED) is 0.264. The summed E-state index contributed by atoms with van der Waals surface area (Å²) in [6.45, 7) is 3.79. The van der Waals surface area contributed by atoms with E-state index < -0.39 is 0 Å². The third-order valence-corrected chi connectivity index (χ3v) is 2.46. The minimum atomic E-state index is -0.255. The van der Waals surface area contributed by atoms with Crippen molar-refractivity contribution in [2.75, 3.05) is 6.26 Å². The lowest BCUT2D eigenvalue weighted by atomic mass is 10.2. The van der Waals surface area contributed by atoms with E-state index in [1.807, 2.05) is 20.1 Å². The predicted molar refractivity (Wildman–Crippen MR) is 41.0 cm³/mol. The van der Waals surface area contributed by atoms with E-state index >= 15 is 0 Å². The second-order valence-corrected chi connectivity index (χ2v) is 3.63. The molecule has 0 aromatic heterocycles. The summed E-state index contributed by atoms with van der Waals surface area (Å²) in [4.78, 5) is 0. The molecule has 9 heavy (non-hydrogen) atoms. The van der Waals surface area contributed by atoms with E-state index in [9.17, 15) is 0 Å². The summed E-state index contributed by atoms with van der Waals surface area (Å²) in [6.07, 6.45) is 1.91. The maximum atomic E-state index is 8.25. The van der Waals surface area contributed by atoms with Gasteiger partial charge in [0.2, 0.25) is 0 Å². The molecule has 3 N–H and O–H groups in total. The molecule has 0 saturated carbocycles. The second-order valence-electron chi connectivity index (χ2n) is 2.20. The first-order valence-electron chi connectivity index (χ1n) is 2.57. The van der Waals surface area contributed by atoms with Gasteiger partial charge in [0.25, 0.3) is 0 Å². The monoisotopic (exact) mass is 148 g/mol. The molecule has 0 spiro atoms. The first-order chi connectivity index (χ1) is 4.04. The van der Waals surface area contributed by atoms with Crippen LogP contribution in [0.25, 0.3) is 0 Å². The largest absolute Gasteiger partial charge is 0.409 e. The Labute approximate surface area is 59.3 Å². The van der Waals surface area contributed by atoms with Crippen LogP contribution in [0.5, 0.6) is 0 Å². The number of amidine groups is 1. The van der Waals surface area contributed by atoms with Crippen LogP contribution in [-0.4, -0.2) is 22.0 Å². The Hall–Kier alpha value is -0.380. The lowest BCUT2D eigenvalue weighted by Gasteiger charge is -2.18. The summed E-state index contributed by atoms with van der Waals surface area (Å²) in [6, 6.07) is 0. The fourth-order valence-corrected chi connectivity index (χ4v) is 0.475. The zero-order valence-corrected chi connectivity index (χ0v) is 6.70. The number of thioether (sulfide) groups is 1. The number of rotatable bonds is 2. The van der Waals surface area contributed by atoms with E-state index in [0.717, 1.165) is 0 Å². The Morgan fingerprint density at radius 1 is 1.67 bits per heavy atom. The van der Waals surface area contributed by atoms with Gasteiger partial charge in [-0.2, -0.15) is 11.8 Å². The zero-order chi connectivity index (χ0) is 7.49. The number of hydrogen-bond donors (Lipinski definition) is 2. The molecule has 0 heterocycles. The lowest BCUT2D eigenvalue weighted by molar-refractivity contribution is 0.316. The van der Waals surface area contributed by atoms with Gasteiger partial charge in [0.1, 0.15) is 0 Å². The summed E-state index contributed by atoms with van der Waals surface area (Å²) in [5.74, 6) is 0.259.